The third-order valence-electron chi connectivity index (χ3n) is 3.04. The lowest BCUT2D eigenvalue weighted by molar-refractivity contribution is 0.797. The molecule has 2 rings (SSSR count). The van der Waals surface area contributed by atoms with E-state index in [0.29, 0.717) is 0 Å². The van der Waals surface area contributed by atoms with Crippen LogP contribution < -0.4 is 11.5 Å². The van der Waals surface area contributed by atoms with E-state index in [-0.39, 0.29) is 12.1 Å². The minimum atomic E-state index is 0.0444. The maximum Gasteiger partial charge on any atom is 0.0277 e. The van der Waals surface area contributed by atoms with Crippen LogP contribution in [0.25, 0.3) is 0 Å². The molecule has 4 N–H and O–H groups in total. The number of hydrogen-bond acceptors (Lipinski definition) is 4. The molecule has 0 aliphatic rings. The molecule has 2 nitrogen and oxygen atoms in total. The van der Waals surface area contributed by atoms with Crippen LogP contribution in [0.2, 0.25) is 0 Å². The third-order valence-corrected chi connectivity index (χ3v) is 5.55. The molecule has 20 heavy (non-hydrogen) atoms. The second-order valence-corrected chi connectivity index (χ2v) is 7.03. The smallest absolute Gasteiger partial charge is 0.0277 e. The highest BCUT2D eigenvalue weighted by atomic mass is 33.1. The molecule has 2 unspecified atom stereocenters. The van der Waals surface area contributed by atoms with Crippen molar-refractivity contribution >= 4 is 21.6 Å². The van der Waals surface area contributed by atoms with Gasteiger partial charge in [0.1, 0.15) is 0 Å². The summed E-state index contributed by atoms with van der Waals surface area (Å²) in [6, 6.07) is 16.7. The molecule has 2 aromatic carbocycles. The molecule has 0 aliphatic carbocycles. The Morgan fingerprint density at radius 2 is 1.05 bits per heavy atom. The van der Waals surface area contributed by atoms with Crippen LogP contribution in [-0.2, 0) is 0 Å². The Kier molecular flexibility index (Phi) is 5.54. The first-order chi connectivity index (χ1) is 9.59. The van der Waals surface area contributed by atoms with Crippen molar-refractivity contribution in [3.63, 3.8) is 0 Å². The highest BCUT2D eigenvalue weighted by Gasteiger charge is 2.10. The van der Waals surface area contributed by atoms with E-state index >= 15 is 0 Å². The van der Waals surface area contributed by atoms with Crippen LogP contribution in [-0.4, -0.2) is 0 Å². The number of nitrogens with two attached hydrogens (primary N) is 2. The number of rotatable bonds is 5. The van der Waals surface area contributed by atoms with Crippen LogP contribution in [0.15, 0.2) is 58.3 Å². The molecule has 2 atom stereocenters. The average molecular weight is 304 g/mol. The predicted octanol–water partition coefficient (Wildman–Crippen LogP) is 4.53. The summed E-state index contributed by atoms with van der Waals surface area (Å²) in [7, 11) is 3.48. The normalized spacial score (nSPS) is 14.0. The molecule has 0 radical (unpaired) electrons. The monoisotopic (exact) mass is 304 g/mol. The Hall–Kier alpha value is -0.940. The Morgan fingerprint density at radius 1 is 0.700 bits per heavy atom. The topological polar surface area (TPSA) is 52.0 Å². The summed E-state index contributed by atoms with van der Waals surface area (Å²) in [5.74, 6) is 0. The van der Waals surface area contributed by atoms with Crippen molar-refractivity contribution in [2.75, 3.05) is 0 Å². The van der Waals surface area contributed by atoms with E-state index < -0.39 is 0 Å². The largest absolute Gasteiger partial charge is 0.324 e. The SMILES string of the molecule is CC(N)c1ccccc1SSc1ccccc1C(C)N. The lowest BCUT2D eigenvalue weighted by Crippen LogP contribution is -2.06. The van der Waals surface area contributed by atoms with E-state index in [1.54, 1.807) is 21.6 Å². The number of benzene rings is 2. The van der Waals surface area contributed by atoms with Crippen LogP contribution in [0.5, 0.6) is 0 Å². The minimum Gasteiger partial charge on any atom is -0.324 e. The summed E-state index contributed by atoms with van der Waals surface area (Å²) in [4.78, 5) is 2.43. The van der Waals surface area contributed by atoms with Crippen LogP contribution in [0.1, 0.15) is 37.1 Å². The van der Waals surface area contributed by atoms with Gasteiger partial charge in [-0.25, -0.2) is 0 Å². The highest BCUT2D eigenvalue weighted by molar-refractivity contribution is 8.76. The van der Waals surface area contributed by atoms with E-state index in [4.69, 9.17) is 11.5 Å². The zero-order chi connectivity index (χ0) is 14.5. The molecule has 0 fully saturated rings. The quantitative estimate of drug-likeness (QED) is 0.797. The van der Waals surface area contributed by atoms with Gasteiger partial charge in [-0.15, -0.1) is 0 Å². The van der Waals surface area contributed by atoms with Gasteiger partial charge in [0.25, 0.3) is 0 Å². The van der Waals surface area contributed by atoms with E-state index in [1.807, 2.05) is 38.1 Å². The Labute approximate surface area is 128 Å². The van der Waals surface area contributed by atoms with Crippen LogP contribution in [0, 0.1) is 0 Å². The molecule has 0 amide bonds. The second kappa shape index (κ2) is 7.18. The van der Waals surface area contributed by atoms with Gasteiger partial charge in [-0.05, 0) is 37.1 Å². The molecule has 0 spiro atoms. The second-order valence-electron chi connectivity index (χ2n) is 4.82. The molecule has 0 saturated carbocycles. The van der Waals surface area contributed by atoms with Crippen molar-refractivity contribution in [3.05, 3.63) is 59.7 Å². The molecular weight excluding hydrogens is 284 g/mol. The molecule has 0 aromatic heterocycles. The zero-order valence-corrected chi connectivity index (χ0v) is 13.4. The van der Waals surface area contributed by atoms with E-state index in [1.165, 1.54) is 20.9 Å². The van der Waals surface area contributed by atoms with Crippen molar-refractivity contribution in [1.82, 2.24) is 0 Å². The molecule has 4 heteroatoms. The highest BCUT2D eigenvalue weighted by Crippen LogP contribution is 2.42. The summed E-state index contributed by atoms with van der Waals surface area (Å²) >= 11 is 0. The summed E-state index contributed by atoms with van der Waals surface area (Å²) in [6.45, 7) is 4.03. The lowest BCUT2D eigenvalue weighted by atomic mass is 10.1. The van der Waals surface area contributed by atoms with E-state index in [9.17, 15) is 0 Å². The third kappa shape index (κ3) is 3.79. The summed E-state index contributed by atoms with van der Waals surface area (Å²) < 4.78 is 0. The predicted molar refractivity (Wildman–Crippen MR) is 89.8 cm³/mol. The maximum absolute atomic E-state index is 6.02. The van der Waals surface area contributed by atoms with Crippen LogP contribution in [0.3, 0.4) is 0 Å². The Morgan fingerprint density at radius 3 is 1.40 bits per heavy atom. The standard InChI is InChI=1S/C16H20N2S2/c1-11(17)13-7-3-5-9-15(13)19-20-16-10-6-4-8-14(16)12(2)18/h3-12H,17-18H2,1-2H3. The Balaban J connectivity index is 2.17. The minimum absolute atomic E-state index is 0.0444. The van der Waals surface area contributed by atoms with Crippen molar-refractivity contribution in [3.8, 4) is 0 Å². The maximum atomic E-state index is 6.02. The van der Waals surface area contributed by atoms with Gasteiger partial charge in [0.2, 0.25) is 0 Å². The first-order valence-electron chi connectivity index (χ1n) is 6.63. The van der Waals surface area contributed by atoms with Crippen molar-refractivity contribution in [2.45, 2.75) is 35.7 Å². The molecule has 0 bridgehead atoms. The first-order valence-corrected chi connectivity index (χ1v) is 8.78. The van der Waals surface area contributed by atoms with Gasteiger partial charge >= 0.3 is 0 Å². The van der Waals surface area contributed by atoms with Gasteiger partial charge in [-0.2, -0.15) is 0 Å². The van der Waals surface area contributed by atoms with Gasteiger partial charge in [0, 0.05) is 21.9 Å². The molecule has 0 saturated heterocycles. The van der Waals surface area contributed by atoms with Gasteiger partial charge in [-0.3, -0.25) is 0 Å². The van der Waals surface area contributed by atoms with Gasteiger partial charge < -0.3 is 11.5 Å². The van der Waals surface area contributed by atoms with Gasteiger partial charge in [0.15, 0.2) is 0 Å². The van der Waals surface area contributed by atoms with Gasteiger partial charge in [0.05, 0.1) is 0 Å². The summed E-state index contributed by atoms with van der Waals surface area (Å²) in [5.41, 5.74) is 14.4. The zero-order valence-electron chi connectivity index (χ0n) is 11.7. The van der Waals surface area contributed by atoms with E-state index in [0.717, 1.165) is 0 Å². The fourth-order valence-electron chi connectivity index (χ4n) is 1.95. The lowest BCUT2D eigenvalue weighted by Gasteiger charge is -2.14. The fourth-order valence-corrected chi connectivity index (χ4v) is 4.55. The summed E-state index contributed by atoms with van der Waals surface area (Å²) in [6.07, 6.45) is 0. The van der Waals surface area contributed by atoms with Crippen molar-refractivity contribution in [2.24, 2.45) is 11.5 Å². The van der Waals surface area contributed by atoms with Crippen molar-refractivity contribution in [1.29, 1.82) is 0 Å². The Bertz CT molecular complexity index is 516. The van der Waals surface area contributed by atoms with Crippen molar-refractivity contribution < 1.29 is 0 Å². The first kappa shape index (κ1) is 15.4. The fraction of sp³-hybridized carbons (Fsp3) is 0.250. The molecule has 0 aliphatic heterocycles. The molecule has 106 valence electrons. The van der Waals surface area contributed by atoms with Crippen LogP contribution >= 0.6 is 21.6 Å². The summed E-state index contributed by atoms with van der Waals surface area (Å²) in [5, 5.41) is 0. The molecular formula is C16H20N2S2. The molecule has 2 aromatic rings. The van der Waals surface area contributed by atoms with Crippen LogP contribution in [0.4, 0.5) is 0 Å². The van der Waals surface area contributed by atoms with E-state index in [2.05, 4.69) is 24.3 Å². The van der Waals surface area contributed by atoms with Gasteiger partial charge in [-0.1, -0.05) is 58.0 Å². The average Bonchev–Trinajstić information content (AvgIpc) is 2.45. The number of hydrogen-bond donors (Lipinski definition) is 2. The molecule has 0 heterocycles.